The summed E-state index contributed by atoms with van der Waals surface area (Å²) in [7, 11) is 0. The summed E-state index contributed by atoms with van der Waals surface area (Å²) in [6, 6.07) is 9.90. The Morgan fingerprint density at radius 2 is 1.86 bits per heavy atom. The summed E-state index contributed by atoms with van der Waals surface area (Å²) in [5.74, 6) is -0.433. The second kappa shape index (κ2) is 10.3. The average Bonchev–Trinajstić information content (AvgIpc) is 3.39. The number of hydrogen-bond donors (Lipinski definition) is 3. The highest BCUT2D eigenvalue weighted by atomic mass is 32.1. The van der Waals surface area contributed by atoms with Crippen molar-refractivity contribution in [1.29, 1.82) is 0 Å². The van der Waals surface area contributed by atoms with Crippen molar-refractivity contribution in [3.63, 3.8) is 0 Å². The first-order chi connectivity index (χ1) is 14.1. The SMILES string of the molecule is CCN(CC)CCCNc1ccc(Nc2nnc(-c3cc(C(N)=O)cs3)s2)cc1. The quantitative estimate of drug-likeness (QED) is 0.394. The van der Waals surface area contributed by atoms with Crippen molar-refractivity contribution in [2.45, 2.75) is 20.3 Å². The first-order valence-corrected chi connectivity index (χ1v) is 11.3. The highest BCUT2D eigenvalue weighted by Gasteiger charge is 2.11. The molecule has 0 fully saturated rings. The molecule has 0 unspecified atom stereocenters. The molecule has 2 aromatic heterocycles. The van der Waals surface area contributed by atoms with Gasteiger partial charge in [-0.15, -0.1) is 21.5 Å². The molecular weight excluding hydrogens is 404 g/mol. The van der Waals surface area contributed by atoms with E-state index in [1.165, 1.54) is 22.7 Å². The molecule has 0 aliphatic rings. The number of amides is 1. The smallest absolute Gasteiger partial charge is 0.249 e. The number of aromatic nitrogens is 2. The van der Waals surface area contributed by atoms with Crippen molar-refractivity contribution in [3.05, 3.63) is 41.3 Å². The topological polar surface area (TPSA) is 96.2 Å². The number of benzene rings is 1. The van der Waals surface area contributed by atoms with Gasteiger partial charge in [0.15, 0.2) is 5.01 Å². The molecule has 0 spiro atoms. The van der Waals surface area contributed by atoms with Gasteiger partial charge >= 0.3 is 0 Å². The Balaban J connectivity index is 1.51. The summed E-state index contributed by atoms with van der Waals surface area (Å²) >= 11 is 2.87. The van der Waals surface area contributed by atoms with Crippen LogP contribution in [0.4, 0.5) is 16.5 Å². The van der Waals surface area contributed by atoms with Crippen molar-refractivity contribution in [3.8, 4) is 9.88 Å². The van der Waals surface area contributed by atoms with Gasteiger partial charge in [-0.3, -0.25) is 4.79 Å². The van der Waals surface area contributed by atoms with Gasteiger partial charge < -0.3 is 21.3 Å². The van der Waals surface area contributed by atoms with E-state index < -0.39 is 5.91 Å². The van der Waals surface area contributed by atoms with E-state index in [-0.39, 0.29) is 0 Å². The molecule has 7 nitrogen and oxygen atoms in total. The maximum absolute atomic E-state index is 11.2. The van der Waals surface area contributed by atoms with Gasteiger partial charge in [-0.25, -0.2) is 0 Å². The fourth-order valence-electron chi connectivity index (χ4n) is 2.82. The lowest BCUT2D eigenvalue weighted by atomic mass is 10.2. The van der Waals surface area contributed by atoms with Crippen molar-refractivity contribution >= 4 is 45.1 Å². The van der Waals surface area contributed by atoms with Crippen LogP contribution in [0, 0.1) is 0 Å². The largest absolute Gasteiger partial charge is 0.385 e. The van der Waals surface area contributed by atoms with Crippen molar-refractivity contribution in [2.75, 3.05) is 36.8 Å². The standard InChI is InChI=1S/C20H26N6OS2/c1-3-26(4-2)11-5-10-22-15-6-8-16(9-7-15)23-20-25-24-19(29-20)17-12-14(13-28-17)18(21)27/h6-9,12-13,22H,3-5,10-11H2,1-2H3,(H2,21,27)(H,23,25). The van der Waals surface area contributed by atoms with Gasteiger partial charge in [0.25, 0.3) is 0 Å². The van der Waals surface area contributed by atoms with Crippen LogP contribution in [-0.4, -0.2) is 47.2 Å². The molecule has 0 saturated carbocycles. The summed E-state index contributed by atoms with van der Waals surface area (Å²) in [5.41, 5.74) is 7.85. The van der Waals surface area contributed by atoms with Crippen molar-refractivity contribution in [2.24, 2.45) is 5.73 Å². The van der Waals surface area contributed by atoms with Gasteiger partial charge in [0.05, 0.1) is 10.4 Å². The molecule has 0 bridgehead atoms. The third-order valence-electron chi connectivity index (χ3n) is 4.53. The monoisotopic (exact) mass is 430 g/mol. The Labute approximate surface area is 179 Å². The first-order valence-electron chi connectivity index (χ1n) is 9.64. The van der Waals surface area contributed by atoms with E-state index >= 15 is 0 Å². The Kier molecular flexibility index (Phi) is 7.56. The molecule has 29 heavy (non-hydrogen) atoms. The Morgan fingerprint density at radius 1 is 1.14 bits per heavy atom. The highest BCUT2D eigenvalue weighted by molar-refractivity contribution is 7.23. The van der Waals surface area contributed by atoms with Gasteiger partial charge in [0.1, 0.15) is 0 Å². The van der Waals surface area contributed by atoms with Gasteiger partial charge in [-0.05, 0) is 56.4 Å². The molecule has 1 aromatic carbocycles. The molecule has 1 amide bonds. The van der Waals surface area contributed by atoms with E-state index in [9.17, 15) is 4.79 Å². The van der Waals surface area contributed by atoms with E-state index in [0.717, 1.165) is 53.9 Å². The van der Waals surface area contributed by atoms with E-state index in [4.69, 9.17) is 5.73 Å². The summed E-state index contributed by atoms with van der Waals surface area (Å²) in [6.45, 7) is 8.66. The zero-order valence-corrected chi connectivity index (χ0v) is 18.3. The van der Waals surface area contributed by atoms with Gasteiger partial charge in [-0.1, -0.05) is 25.2 Å². The molecule has 154 valence electrons. The number of thiophene rings is 1. The normalized spacial score (nSPS) is 11.0. The molecule has 0 radical (unpaired) electrons. The number of hydrogen-bond acceptors (Lipinski definition) is 8. The molecule has 4 N–H and O–H groups in total. The molecule has 0 atom stereocenters. The summed E-state index contributed by atoms with van der Waals surface area (Å²) in [4.78, 5) is 14.5. The second-order valence-electron chi connectivity index (χ2n) is 6.49. The number of nitrogens with two attached hydrogens (primary N) is 1. The van der Waals surface area contributed by atoms with E-state index in [2.05, 4.69) is 51.7 Å². The van der Waals surface area contributed by atoms with Crippen molar-refractivity contribution < 1.29 is 4.79 Å². The molecule has 0 aliphatic carbocycles. The second-order valence-corrected chi connectivity index (χ2v) is 8.37. The van der Waals surface area contributed by atoms with Crippen LogP contribution in [0.5, 0.6) is 0 Å². The van der Waals surface area contributed by atoms with E-state index in [0.29, 0.717) is 10.7 Å². The zero-order valence-electron chi connectivity index (χ0n) is 16.6. The van der Waals surface area contributed by atoms with E-state index in [1.54, 1.807) is 11.4 Å². The number of primary amides is 1. The lowest BCUT2D eigenvalue weighted by Crippen LogP contribution is -2.25. The number of carbonyl (C=O) groups is 1. The average molecular weight is 431 g/mol. The van der Waals surface area contributed by atoms with Crippen LogP contribution in [0.15, 0.2) is 35.7 Å². The maximum Gasteiger partial charge on any atom is 0.249 e. The van der Waals surface area contributed by atoms with E-state index in [1.807, 2.05) is 12.1 Å². The molecule has 2 heterocycles. The van der Waals surface area contributed by atoms with Crippen LogP contribution in [0.2, 0.25) is 0 Å². The minimum Gasteiger partial charge on any atom is -0.385 e. The summed E-state index contributed by atoms with van der Waals surface area (Å²) in [6.07, 6.45) is 1.12. The highest BCUT2D eigenvalue weighted by Crippen LogP contribution is 2.32. The number of rotatable bonds is 11. The van der Waals surface area contributed by atoms with Crippen molar-refractivity contribution in [1.82, 2.24) is 15.1 Å². The minimum absolute atomic E-state index is 0.433. The number of nitrogens with one attached hydrogen (secondary N) is 2. The Bertz CT molecular complexity index is 917. The number of carbonyl (C=O) groups excluding carboxylic acids is 1. The minimum atomic E-state index is -0.433. The zero-order chi connectivity index (χ0) is 20.6. The van der Waals surface area contributed by atoms with Crippen LogP contribution < -0.4 is 16.4 Å². The first kappa shape index (κ1) is 21.2. The molecule has 0 saturated heterocycles. The maximum atomic E-state index is 11.2. The van der Waals surface area contributed by atoms with Gasteiger partial charge in [0.2, 0.25) is 11.0 Å². The molecule has 9 heteroatoms. The fraction of sp³-hybridized carbons (Fsp3) is 0.350. The van der Waals surface area contributed by atoms with Crippen LogP contribution >= 0.6 is 22.7 Å². The summed E-state index contributed by atoms with van der Waals surface area (Å²) < 4.78 is 0. The van der Waals surface area contributed by atoms with Crippen LogP contribution in [0.1, 0.15) is 30.6 Å². The molecular formula is C20H26N6OS2. The number of nitrogens with zero attached hydrogens (tertiary/aromatic N) is 3. The third-order valence-corrected chi connectivity index (χ3v) is 6.47. The molecule has 0 aliphatic heterocycles. The lowest BCUT2D eigenvalue weighted by Gasteiger charge is -2.18. The molecule has 3 rings (SSSR count). The molecule has 3 aromatic rings. The van der Waals surface area contributed by atoms with Crippen LogP contribution in [0.25, 0.3) is 9.88 Å². The third kappa shape index (κ3) is 5.99. The Morgan fingerprint density at radius 3 is 2.52 bits per heavy atom. The van der Waals surface area contributed by atoms with Gasteiger partial charge in [0, 0.05) is 23.3 Å². The summed E-state index contributed by atoms with van der Waals surface area (Å²) in [5, 5.41) is 18.3. The predicted octanol–water partition coefficient (Wildman–Crippen LogP) is 4.25. The van der Waals surface area contributed by atoms with Crippen LogP contribution in [0.3, 0.4) is 0 Å². The Hall–Kier alpha value is -2.49. The predicted molar refractivity (Wildman–Crippen MR) is 122 cm³/mol. The van der Waals surface area contributed by atoms with Crippen LogP contribution in [-0.2, 0) is 0 Å². The fourth-order valence-corrected chi connectivity index (χ4v) is 4.54. The lowest BCUT2D eigenvalue weighted by molar-refractivity contribution is 0.100. The number of anilines is 3. The van der Waals surface area contributed by atoms with Gasteiger partial charge in [-0.2, -0.15) is 0 Å².